The van der Waals surface area contributed by atoms with E-state index in [4.69, 9.17) is 4.74 Å². The second kappa shape index (κ2) is 9.38. The maximum absolute atomic E-state index is 12.8. The van der Waals surface area contributed by atoms with Crippen molar-refractivity contribution in [3.8, 4) is 0 Å². The van der Waals surface area contributed by atoms with Gasteiger partial charge >= 0.3 is 0 Å². The van der Waals surface area contributed by atoms with E-state index in [0.29, 0.717) is 0 Å². The summed E-state index contributed by atoms with van der Waals surface area (Å²) in [7, 11) is 1.77. The Kier molecular flexibility index (Phi) is 7.12. The quantitative estimate of drug-likeness (QED) is 0.605. The summed E-state index contributed by atoms with van der Waals surface area (Å²) in [6.07, 6.45) is 0.838. The molecule has 2 rings (SSSR count). The fourth-order valence-electron chi connectivity index (χ4n) is 2.35. The first-order valence-corrected chi connectivity index (χ1v) is 7.77. The van der Waals surface area contributed by atoms with Crippen molar-refractivity contribution >= 4 is 5.96 Å². The van der Waals surface area contributed by atoms with Crippen LogP contribution in [0.3, 0.4) is 0 Å². The van der Waals surface area contributed by atoms with Crippen molar-refractivity contribution in [3.63, 3.8) is 0 Å². The van der Waals surface area contributed by atoms with E-state index in [0.717, 1.165) is 63.9 Å². The van der Waals surface area contributed by atoms with Crippen molar-refractivity contribution in [1.29, 1.82) is 0 Å². The number of hydrogen-bond donors (Lipinski definition) is 2. The molecule has 1 aliphatic rings. The second-order valence-corrected chi connectivity index (χ2v) is 5.26. The Balaban J connectivity index is 1.61. The lowest BCUT2D eigenvalue weighted by molar-refractivity contribution is 0.0389. The molecule has 1 aliphatic heterocycles. The predicted octanol–water partition coefficient (Wildman–Crippen LogP) is 0.865. The molecule has 1 fully saturated rings. The van der Waals surface area contributed by atoms with Gasteiger partial charge in [-0.1, -0.05) is 12.1 Å². The van der Waals surface area contributed by atoms with E-state index in [2.05, 4.69) is 20.5 Å². The number of rotatable bonds is 6. The Morgan fingerprint density at radius 2 is 1.86 bits per heavy atom. The van der Waals surface area contributed by atoms with Gasteiger partial charge < -0.3 is 15.4 Å². The van der Waals surface area contributed by atoms with Crippen molar-refractivity contribution in [3.05, 3.63) is 35.6 Å². The summed E-state index contributed by atoms with van der Waals surface area (Å²) in [5.41, 5.74) is 1.11. The van der Waals surface area contributed by atoms with Gasteiger partial charge in [0.1, 0.15) is 5.82 Å². The number of benzene rings is 1. The molecule has 0 aliphatic carbocycles. The molecule has 0 amide bonds. The zero-order valence-corrected chi connectivity index (χ0v) is 13.1. The summed E-state index contributed by atoms with van der Waals surface area (Å²) >= 11 is 0. The zero-order chi connectivity index (χ0) is 15.6. The van der Waals surface area contributed by atoms with Crippen LogP contribution in [0.4, 0.5) is 4.39 Å². The average molecular weight is 308 g/mol. The van der Waals surface area contributed by atoms with Crippen molar-refractivity contribution < 1.29 is 9.13 Å². The fraction of sp³-hybridized carbons (Fsp3) is 0.562. The first kappa shape index (κ1) is 16.7. The van der Waals surface area contributed by atoms with Gasteiger partial charge in [0.25, 0.3) is 0 Å². The van der Waals surface area contributed by atoms with Crippen LogP contribution in [0.15, 0.2) is 29.3 Å². The van der Waals surface area contributed by atoms with Crippen LogP contribution in [0.5, 0.6) is 0 Å². The minimum Gasteiger partial charge on any atom is -0.379 e. The standard InChI is InChI=1S/C16H25FN4O/c1-18-16(20-8-9-21-10-12-22-13-11-21)19-7-6-14-2-4-15(17)5-3-14/h2-5H,6-13H2,1H3,(H2,18,19,20). The van der Waals surface area contributed by atoms with Crippen LogP contribution < -0.4 is 10.6 Å². The Bertz CT molecular complexity index is 458. The molecule has 0 aromatic heterocycles. The highest BCUT2D eigenvalue weighted by Gasteiger charge is 2.09. The lowest BCUT2D eigenvalue weighted by atomic mass is 10.1. The van der Waals surface area contributed by atoms with E-state index < -0.39 is 0 Å². The minimum absolute atomic E-state index is 0.197. The van der Waals surface area contributed by atoms with Gasteiger partial charge in [-0.05, 0) is 24.1 Å². The molecule has 122 valence electrons. The van der Waals surface area contributed by atoms with E-state index >= 15 is 0 Å². The molecule has 22 heavy (non-hydrogen) atoms. The SMILES string of the molecule is CN=C(NCCc1ccc(F)cc1)NCCN1CCOCC1. The van der Waals surface area contributed by atoms with Crippen molar-refractivity contribution in [1.82, 2.24) is 15.5 Å². The third kappa shape index (κ3) is 5.99. The van der Waals surface area contributed by atoms with E-state index in [1.807, 2.05) is 12.1 Å². The predicted molar refractivity (Wildman–Crippen MR) is 86.7 cm³/mol. The molecule has 1 aromatic carbocycles. The van der Waals surface area contributed by atoms with Gasteiger partial charge in [0.2, 0.25) is 0 Å². The van der Waals surface area contributed by atoms with E-state index in [9.17, 15) is 4.39 Å². The molecule has 0 unspecified atom stereocenters. The molecule has 0 saturated carbocycles. The molecule has 1 heterocycles. The molecule has 5 nitrogen and oxygen atoms in total. The molecule has 0 atom stereocenters. The van der Waals surface area contributed by atoms with Gasteiger partial charge in [-0.25, -0.2) is 4.39 Å². The number of hydrogen-bond acceptors (Lipinski definition) is 3. The molecule has 0 radical (unpaired) electrons. The van der Waals surface area contributed by atoms with Crippen LogP contribution in [0.2, 0.25) is 0 Å². The number of ether oxygens (including phenoxy) is 1. The zero-order valence-electron chi connectivity index (χ0n) is 13.1. The van der Waals surface area contributed by atoms with Gasteiger partial charge in [-0.3, -0.25) is 9.89 Å². The van der Waals surface area contributed by atoms with Crippen molar-refractivity contribution in [2.24, 2.45) is 4.99 Å². The number of halogens is 1. The smallest absolute Gasteiger partial charge is 0.191 e. The first-order chi connectivity index (χ1) is 10.8. The highest BCUT2D eigenvalue weighted by molar-refractivity contribution is 5.79. The normalized spacial score (nSPS) is 16.5. The summed E-state index contributed by atoms with van der Waals surface area (Å²) in [6.45, 7) is 6.26. The number of morpholine rings is 1. The third-order valence-electron chi connectivity index (χ3n) is 3.67. The lowest BCUT2D eigenvalue weighted by Crippen LogP contribution is -2.44. The van der Waals surface area contributed by atoms with Crippen molar-refractivity contribution in [2.45, 2.75) is 6.42 Å². The molecule has 2 N–H and O–H groups in total. The summed E-state index contributed by atoms with van der Waals surface area (Å²) in [6, 6.07) is 6.60. The van der Waals surface area contributed by atoms with Gasteiger partial charge in [-0.15, -0.1) is 0 Å². The molecule has 0 bridgehead atoms. The van der Waals surface area contributed by atoms with Crippen LogP contribution in [-0.2, 0) is 11.2 Å². The highest BCUT2D eigenvalue weighted by atomic mass is 19.1. The Labute approximate surface area is 131 Å². The summed E-state index contributed by atoms with van der Waals surface area (Å²) < 4.78 is 18.2. The minimum atomic E-state index is -0.197. The Hall–Kier alpha value is -1.66. The highest BCUT2D eigenvalue weighted by Crippen LogP contribution is 2.02. The number of aliphatic imine (C=N–C) groups is 1. The van der Waals surface area contributed by atoms with Crippen LogP contribution in [-0.4, -0.2) is 63.8 Å². The molecular formula is C16H25FN4O. The molecule has 1 saturated heterocycles. The maximum atomic E-state index is 12.8. The summed E-state index contributed by atoms with van der Waals surface area (Å²) in [5, 5.41) is 6.58. The van der Waals surface area contributed by atoms with E-state index in [1.54, 1.807) is 7.05 Å². The molecule has 1 aromatic rings. The largest absolute Gasteiger partial charge is 0.379 e. The topological polar surface area (TPSA) is 48.9 Å². The monoisotopic (exact) mass is 308 g/mol. The number of guanidine groups is 1. The number of nitrogens with zero attached hydrogens (tertiary/aromatic N) is 2. The lowest BCUT2D eigenvalue weighted by Gasteiger charge is -2.26. The van der Waals surface area contributed by atoms with Gasteiger partial charge in [0, 0.05) is 39.8 Å². The second-order valence-electron chi connectivity index (χ2n) is 5.26. The fourth-order valence-corrected chi connectivity index (χ4v) is 2.35. The van der Waals surface area contributed by atoms with Crippen LogP contribution in [0, 0.1) is 5.82 Å². The maximum Gasteiger partial charge on any atom is 0.191 e. The average Bonchev–Trinajstić information content (AvgIpc) is 2.56. The van der Waals surface area contributed by atoms with Crippen molar-refractivity contribution in [2.75, 3.05) is 53.0 Å². The Morgan fingerprint density at radius 3 is 2.55 bits per heavy atom. The first-order valence-electron chi connectivity index (χ1n) is 7.77. The van der Waals surface area contributed by atoms with Gasteiger partial charge in [0.15, 0.2) is 5.96 Å². The van der Waals surface area contributed by atoms with Crippen LogP contribution in [0.25, 0.3) is 0 Å². The molecular weight excluding hydrogens is 283 g/mol. The Morgan fingerprint density at radius 1 is 1.18 bits per heavy atom. The van der Waals surface area contributed by atoms with Gasteiger partial charge in [-0.2, -0.15) is 0 Å². The third-order valence-corrected chi connectivity index (χ3v) is 3.67. The summed E-state index contributed by atoms with van der Waals surface area (Å²) in [5.74, 6) is 0.604. The van der Waals surface area contributed by atoms with Crippen LogP contribution >= 0.6 is 0 Å². The van der Waals surface area contributed by atoms with Gasteiger partial charge in [0.05, 0.1) is 13.2 Å². The van der Waals surface area contributed by atoms with E-state index in [1.165, 1.54) is 12.1 Å². The summed E-state index contributed by atoms with van der Waals surface area (Å²) in [4.78, 5) is 6.58. The number of nitrogens with one attached hydrogen (secondary N) is 2. The van der Waals surface area contributed by atoms with Crippen LogP contribution in [0.1, 0.15) is 5.56 Å². The molecule has 0 spiro atoms. The molecule has 6 heteroatoms. The van der Waals surface area contributed by atoms with E-state index in [-0.39, 0.29) is 5.82 Å².